The molecule has 0 saturated heterocycles. The Kier molecular flexibility index (Phi) is 2.95. The molecule has 0 rings (SSSR count). The molecule has 4 heteroatoms. The molecule has 0 aromatic carbocycles. The summed E-state index contributed by atoms with van der Waals surface area (Å²) >= 11 is -1.17. The summed E-state index contributed by atoms with van der Waals surface area (Å²) in [5.41, 5.74) is 0. The molecule has 0 spiro atoms. The van der Waals surface area contributed by atoms with E-state index in [0.717, 1.165) is 0 Å². The number of hydrogen-bond acceptors (Lipinski definition) is 2. The Morgan fingerprint density at radius 2 is 2.33 bits per heavy atom. The average molecular weight is 150 g/mol. The third-order valence-electron chi connectivity index (χ3n) is 0.200. The number of carboxylic acid groups (broad SMARTS) is 1. The van der Waals surface area contributed by atoms with Crippen molar-refractivity contribution in [3.05, 3.63) is 0 Å². The minimum absolute atomic E-state index is 0.170. The van der Waals surface area contributed by atoms with Crippen molar-refractivity contribution in [2.75, 3.05) is 0 Å². The quantitative estimate of drug-likeness (QED) is 0.541. The maximum atomic E-state index is 9.45. The molecule has 0 bridgehead atoms. The Labute approximate surface area is 41.3 Å². The van der Waals surface area contributed by atoms with E-state index < -0.39 is 21.7 Å². The fourth-order valence-corrected chi connectivity index (χ4v) is 0.287. The monoisotopic (exact) mass is 150 g/mol. The molecule has 34 valence electrons. The topological polar surface area (TPSA) is 54.4 Å². The molecule has 0 aromatic heterocycles. The number of aliphatic carboxylic acids is 1. The molecule has 0 unspecified atom stereocenters. The summed E-state index contributed by atoms with van der Waals surface area (Å²) in [7, 11) is 0. The summed E-state index contributed by atoms with van der Waals surface area (Å²) in [6.07, 6.45) is 0. The zero-order chi connectivity index (χ0) is 4.99. The molecule has 6 heavy (non-hydrogen) atoms. The van der Waals surface area contributed by atoms with E-state index in [-0.39, 0.29) is 5.21 Å². The van der Waals surface area contributed by atoms with Crippen LogP contribution in [0.1, 0.15) is 0 Å². The van der Waals surface area contributed by atoms with Gasteiger partial charge in [0.2, 0.25) is 0 Å². The van der Waals surface area contributed by atoms with E-state index in [9.17, 15) is 8.53 Å². The van der Waals surface area contributed by atoms with Gasteiger partial charge in [-0.15, -0.1) is 0 Å². The van der Waals surface area contributed by atoms with Crippen molar-refractivity contribution in [2.45, 2.75) is 5.21 Å². The summed E-state index contributed by atoms with van der Waals surface area (Å²) in [5, 5.41) is 7.57. The molecule has 0 fully saturated rings. The van der Waals surface area contributed by atoms with E-state index >= 15 is 0 Å². The van der Waals surface area contributed by atoms with Crippen LogP contribution in [-0.4, -0.2) is 26.8 Å². The minimum atomic E-state index is -1.17. The van der Waals surface area contributed by atoms with Gasteiger partial charge >= 0.3 is 40.5 Å². The van der Waals surface area contributed by atoms with Crippen molar-refractivity contribution in [3.8, 4) is 0 Å². The average Bonchev–Trinajstić information content (AvgIpc) is 1.35. The molecule has 3 nitrogen and oxygen atoms in total. The third kappa shape index (κ3) is 3.83. The van der Waals surface area contributed by atoms with Crippen molar-refractivity contribution < 1.29 is 13.6 Å². The molecule has 0 amide bonds. The summed E-state index contributed by atoms with van der Waals surface area (Å²) < 4.78 is 9.45. The van der Waals surface area contributed by atoms with Gasteiger partial charge < -0.3 is 0 Å². The van der Waals surface area contributed by atoms with Crippen molar-refractivity contribution in [2.24, 2.45) is 0 Å². The summed E-state index contributed by atoms with van der Waals surface area (Å²) in [5.74, 6) is -0.981. The van der Waals surface area contributed by atoms with Gasteiger partial charge in [-0.25, -0.2) is 0 Å². The van der Waals surface area contributed by atoms with Crippen LogP contribution < -0.4 is 0 Å². The van der Waals surface area contributed by atoms with Gasteiger partial charge in [-0.2, -0.15) is 0 Å². The van der Waals surface area contributed by atoms with E-state index in [1.807, 2.05) is 0 Å². The van der Waals surface area contributed by atoms with Crippen LogP contribution in [0.2, 0.25) is 5.21 Å². The fourth-order valence-electron chi connectivity index (χ4n) is 0.0552. The van der Waals surface area contributed by atoms with Gasteiger partial charge in [0.15, 0.2) is 0 Å². The number of hydrogen-bond donors (Lipinski definition) is 1. The first-order valence-corrected chi connectivity index (χ1v) is 3.37. The van der Waals surface area contributed by atoms with Gasteiger partial charge in [0, 0.05) is 0 Å². The van der Waals surface area contributed by atoms with E-state index in [1.165, 1.54) is 0 Å². The zero-order valence-corrected chi connectivity index (χ0v) is 4.79. The molecule has 0 aliphatic rings. The van der Waals surface area contributed by atoms with Gasteiger partial charge in [-0.05, 0) is 0 Å². The second kappa shape index (κ2) is 3.04. The summed E-state index contributed by atoms with van der Waals surface area (Å²) in [6, 6.07) is 0. The van der Waals surface area contributed by atoms with Crippen molar-refractivity contribution in [1.29, 1.82) is 0 Å². The molecule has 1 N–H and O–H groups in total. The zero-order valence-electron chi connectivity index (χ0n) is 2.92. The van der Waals surface area contributed by atoms with Crippen LogP contribution in [0.25, 0.3) is 0 Å². The Hall–Kier alpha value is -0.172. The van der Waals surface area contributed by atoms with Crippen LogP contribution in [0, 0.1) is 0 Å². The van der Waals surface area contributed by atoms with E-state index in [1.54, 1.807) is 0 Å². The Bertz CT molecular complexity index is 69.2. The molecule has 0 atom stereocenters. The Morgan fingerprint density at radius 3 is 2.33 bits per heavy atom. The maximum absolute atomic E-state index is 9.45. The van der Waals surface area contributed by atoms with E-state index in [2.05, 4.69) is 0 Å². The third-order valence-corrected chi connectivity index (χ3v) is 1.04. The van der Waals surface area contributed by atoms with Crippen molar-refractivity contribution >= 4 is 21.7 Å². The van der Waals surface area contributed by atoms with Gasteiger partial charge in [0.05, 0.1) is 0 Å². The van der Waals surface area contributed by atoms with Gasteiger partial charge in [-0.3, -0.25) is 0 Å². The molecular weight excluding hydrogens is 147 g/mol. The summed E-state index contributed by atoms with van der Waals surface area (Å²) in [6.45, 7) is 0. The number of carboxylic acids is 1. The van der Waals surface area contributed by atoms with Gasteiger partial charge in [0.25, 0.3) is 0 Å². The van der Waals surface area contributed by atoms with Crippen LogP contribution >= 0.6 is 0 Å². The molecule has 0 aromatic rings. The number of rotatable bonds is 2. The summed E-state index contributed by atoms with van der Waals surface area (Å²) in [4.78, 5) is 9.42. The molecular formula is C2H3AsO3. The van der Waals surface area contributed by atoms with Crippen LogP contribution in [0.15, 0.2) is 0 Å². The van der Waals surface area contributed by atoms with Gasteiger partial charge in [0.1, 0.15) is 0 Å². The fraction of sp³-hybridized carbons (Fsp3) is 0.500. The molecule has 0 aliphatic heterocycles. The Balaban J connectivity index is 3.05. The van der Waals surface area contributed by atoms with Crippen LogP contribution in [0.4, 0.5) is 0 Å². The van der Waals surface area contributed by atoms with Crippen LogP contribution in [-0.2, 0) is 8.53 Å². The predicted molar refractivity (Wildman–Crippen MR) is 18.9 cm³/mol. The first kappa shape index (κ1) is 5.83. The van der Waals surface area contributed by atoms with Crippen LogP contribution in [0.3, 0.4) is 0 Å². The second-order valence-corrected chi connectivity index (χ2v) is 1.89. The molecule has 0 radical (unpaired) electrons. The van der Waals surface area contributed by atoms with Crippen molar-refractivity contribution in [1.82, 2.24) is 0 Å². The van der Waals surface area contributed by atoms with Gasteiger partial charge in [-0.1, -0.05) is 0 Å². The van der Waals surface area contributed by atoms with Crippen molar-refractivity contribution in [3.63, 3.8) is 0 Å². The van der Waals surface area contributed by atoms with E-state index in [4.69, 9.17) is 5.11 Å². The SMILES string of the molecule is O=[As]CC(=O)O. The molecule has 0 saturated carbocycles. The number of carbonyl (C=O) groups is 1. The van der Waals surface area contributed by atoms with E-state index in [0.29, 0.717) is 0 Å². The predicted octanol–water partition coefficient (Wildman–Crippen LogP) is -0.461. The standard InChI is InChI=1S/C2H3AsO3/c4-2(5)1-3-6/h1H2,(H,4,5). The Morgan fingerprint density at radius 1 is 1.83 bits per heavy atom. The molecule has 0 heterocycles. The second-order valence-electron chi connectivity index (χ2n) is 0.681. The first-order chi connectivity index (χ1) is 2.77. The van der Waals surface area contributed by atoms with Crippen LogP contribution in [0.5, 0.6) is 0 Å². The normalized spacial score (nSPS) is 8.67. The first-order valence-electron chi connectivity index (χ1n) is 1.28. The molecule has 0 aliphatic carbocycles.